The number of nitrogen functional groups attached to an aromatic ring is 1. The van der Waals surface area contributed by atoms with Crippen molar-refractivity contribution in [1.82, 2.24) is 9.97 Å². The first-order valence-electron chi connectivity index (χ1n) is 5.00. The third-order valence-electron chi connectivity index (χ3n) is 1.91. The Morgan fingerprint density at radius 3 is 2.88 bits per heavy atom. The monoisotopic (exact) mass is 251 g/mol. The van der Waals surface area contributed by atoms with Gasteiger partial charge in [0.15, 0.2) is 4.34 Å². The van der Waals surface area contributed by atoms with Gasteiger partial charge in [-0.1, -0.05) is 36.9 Å². The van der Waals surface area contributed by atoms with Gasteiger partial charge < -0.3 is 5.73 Å². The lowest BCUT2D eigenvalue weighted by molar-refractivity contribution is 1.10. The number of hydrogen-bond acceptors (Lipinski definition) is 5. The van der Waals surface area contributed by atoms with Crippen LogP contribution in [0.1, 0.15) is 13.8 Å². The molecule has 0 spiro atoms. The van der Waals surface area contributed by atoms with Crippen LogP contribution >= 0.6 is 23.1 Å². The third-order valence-corrected chi connectivity index (χ3v) is 3.89. The van der Waals surface area contributed by atoms with E-state index in [1.807, 2.05) is 12.1 Å². The highest BCUT2D eigenvalue weighted by molar-refractivity contribution is 8.01. The van der Waals surface area contributed by atoms with Crippen LogP contribution < -0.4 is 5.73 Å². The van der Waals surface area contributed by atoms with Crippen LogP contribution in [-0.4, -0.2) is 15.2 Å². The molecule has 2 aromatic rings. The molecule has 3 nitrogen and oxygen atoms in total. The Hall–Kier alpha value is -1.07. The van der Waals surface area contributed by atoms with Crippen LogP contribution in [0.2, 0.25) is 0 Å². The number of rotatable bonds is 3. The SMILES string of the molecule is CC(C)Sc1nc(-c2cccnc2)c(N)s1. The van der Waals surface area contributed by atoms with Crippen molar-refractivity contribution >= 4 is 28.1 Å². The summed E-state index contributed by atoms with van der Waals surface area (Å²) >= 11 is 3.27. The van der Waals surface area contributed by atoms with Crippen molar-refractivity contribution in [2.24, 2.45) is 0 Å². The molecule has 0 aliphatic heterocycles. The Balaban J connectivity index is 2.32. The summed E-state index contributed by atoms with van der Waals surface area (Å²) in [5.74, 6) is 0. The van der Waals surface area contributed by atoms with Crippen molar-refractivity contribution in [3.63, 3.8) is 0 Å². The predicted molar refractivity (Wildman–Crippen MR) is 70.8 cm³/mol. The molecular formula is C11H13N3S2. The van der Waals surface area contributed by atoms with Gasteiger partial charge in [0.1, 0.15) is 10.7 Å². The Labute approximate surface area is 103 Å². The van der Waals surface area contributed by atoms with Crippen LogP contribution in [0.5, 0.6) is 0 Å². The van der Waals surface area contributed by atoms with Crippen LogP contribution in [0.15, 0.2) is 28.9 Å². The van der Waals surface area contributed by atoms with E-state index >= 15 is 0 Å². The van der Waals surface area contributed by atoms with Gasteiger partial charge in [-0.25, -0.2) is 4.98 Å². The molecule has 0 atom stereocenters. The van der Waals surface area contributed by atoms with E-state index in [1.54, 1.807) is 24.2 Å². The highest BCUT2D eigenvalue weighted by Crippen LogP contribution is 2.36. The number of aromatic nitrogens is 2. The van der Waals surface area contributed by atoms with E-state index in [0.29, 0.717) is 5.25 Å². The molecule has 0 saturated heterocycles. The van der Waals surface area contributed by atoms with Gasteiger partial charge >= 0.3 is 0 Å². The van der Waals surface area contributed by atoms with Gasteiger partial charge in [-0.15, -0.1) is 0 Å². The summed E-state index contributed by atoms with van der Waals surface area (Å²) < 4.78 is 1.02. The predicted octanol–water partition coefficient (Wildman–Crippen LogP) is 3.29. The maximum atomic E-state index is 5.96. The molecule has 0 saturated carbocycles. The molecule has 0 unspecified atom stereocenters. The smallest absolute Gasteiger partial charge is 0.152 e. The van der Waals surface area contributed by atoms with Crippen molar-refractivity contribution in [3.05, 3.63) is 24.5 Å². The number of hydrogen-bond donors (Lipinski definition) is 1. The van der Waals surface area contributed by atoms with Crippen molar-refractivity contribution in [2.45, 2.75) is 23.4 Å². The molecule has 16 heavy (non-hydrogen) atoms. The average molecular weight is 251 g/mol. The summed E-state index contributed by atoms with van der Waals surface area (Å²) in [4.78, 5) is 8.61. The van der Waals surface area contributed by atoms with Gasteiger partial charge in [-0.2, -0.15) is 0 Å². The first-order valence-corrected chi connectivity index (χ1v) is 6.70. The van der Waals surface area contributed by atoms with Crippen LogP contribution in [0.3, 0.4) is 0 Å². The van der Waals surface area contributed by atoms with E-state index < -0.39 is 0 Å². The summed E-state index contributed by atoms with van der Waals surface area (Å²) in [7, 11) is 0. The van der Waals surface area contributed by atoms with E-state index in [-0.39, 0.29) is 0 Å². The molecule has 0 amide bonds. The molecule has 5 heteroatoms. The minimum atomic E-state index is 0.521. The topological polar surface area (TPSA) is 51.8 Å². The van der Waals surface area contributed by atoms with E-state index in [4.69, 9.17) is 5.73 Å². The number of thioether (sulfide) groups is 1. The highest BCUT2D eigenvalue weighted by atomic mass is 32.2. The largest absolute Gasteiger partial charge is 0.389 e. The first kappa shape index (κ1) is 11.4. The van der Waals surface area contributed by atoms with Gasteiger partial charge in [0.05, 0.1) is 0 Å². The number of thiazole rings is 1. The molecule has 2 heterocycles. The normalized spacial score (nSPS) is 10.9. The molecule has 0 radical (unpaired) electrons. The molecule has 0 fully saturated rings. The summed E-state index contributed by atoms with van der Waals surface area (Å²) in [6.45, 7) is 4.29. The van der Waals surface area contributed by atoms with Gasteiger partial charge in [-0.05, 0) is 12.1 Å². The van der Waals surface area contributed by atoms with Crippen molar-refractivity contribution < 1.29 is 0 Å². The van der Waals surface area contributed by atoms with Gasteiger partial charge in [0, 0.05) is 23.2 Å². The first-order chi connectivity index (χ1) is 7.66. The number of anilines is 1. The maximum Gasteiger partial charge on any atom is 0.152 e. The zero-order valence-electron chi connectivity index (χ0n) is 9.18. The number of pyridine rings is 1. The zero-order chi connectivity index (χ0) is 11.5. The van der Waals surface area contributed by atoms with Crippen LogP contribution in [0, 0.1) is 0 Å². The van der Waals surface area contributed by atoms with E-state index in [1.165, 1.54) is 11.3 Å². The summed E-state index contributed by atoms with van der Waals surface area (Å²) in [5, 5.41) is 1.28. The lowest BCUT2D eigenvalue weighted by Crippen LogP contribution is -1.87. The van der Waals surface area contributed by atoms with Gasteiger partial charge in [-0.3, -0.25) is 4.98 Å². The van der Waals surface area contributed by atoms with Crippen LogP contribution in [0.4, 0.5) is 5.00 Å². The Bertz CT molecular complexity index is 465. The Kier molecular flexibility index (Phi) is 3.46. The minimum absolute atomic E-state index is 0.521. The van der Waals surface area contributed by atoms with Gasteiger partial charge in [0.2, 0.25) is 0 Å². The van der Waals surface area contributed by atoms with E-state index in [9.17, 15) is 0 Å². The molecular weight excluding hydrogens is 238 g/mol. The van der Waals surface area contributed by atoms with Crippen LogP contribution in [-0.2, 0) is 0 Å². The average Bonchev–Trinajstić information content (AvgIpc) is 2.60. The maximum absolute atomic E-state index is 5.96. The number of nitrogens with two attached hydrogens (primary N) is 1. The van der Waals surface area contributed by atoms with E-state index in [2.05, 4.69) is 23.8 Å². The Morgan fingerprint density at radius 1 is 1.44 bits per heavy atom. The Morgan fingerprint density at radius 2 is 2.25 bits per heavy atom. The van der Waals surface area contributed by atoms with Crippen LogP contribution in [0.25, 0.3) is 11.3 Å². The third kappa shape index (κ3) is 2.54. The highest BCUT2D eigenvalue weighted by Gasteiger charge is 2.11. The molecule has 2 aromatic heterocycles. The van der Waals surface area contributed by atoms with Crippen molar-refractivity contribution in [2.75, 3.05) is 5.73 Å². The summed E-state index contributed by atoms with van der Waals surface area (Å²) in [6, 6.07) is 3.87. The second-order valence-corrected chi connectivity index (χ2v) is 6.46. The van der Waals surface area contributed by atoms with E-state index in [0.717, 1.165) is 20.6 Å². The van der Waals surface area contributed by atoms with Crippen molar-refractivity contribution in [1.29, 1.82) is 0 Å². The summed E-state index contributed by atoms with van der Waals surface area (Å²) in [6.07, 6.45) is 3.53. The fourth-order valence-electron chi connectivity index (χ4n) is 1.27. The quantitative estimate of drug-likeness (QED) is 0.850. The molecule has 2 rings (SSSR count). The fraction of sp³-hybridized carbons (Fsp3) is 0.273. The lowest BCUT2D eigenvalue weighted by Gasteiger charge is -1.98. The van der Waals surface area contributed by atoms with Gasteiger partial charge in [0.25, 0.3) is 0 Å². The molecule has 84 valence electrons. The standard InChI is InChI=1S/C11H13N3S2/c1-7(2)15-11-14-9(10(12)16-11)8-4-3-5-13-6-8/h3-7H,12H2,1-2H3. The number of nitrogens with zero attached hydrogens (tertiary/aromatic N) is 2. The molecule has 0 aliphatic carbocycles. The second-order valence-electron chi connectivity index (χ2n) is 3.60. The molecule has 0 bridgehead atoms. The molecule has 0 aliphatic rings. The second kappa shape index (κ2) is 4.84. The van der Waals surface area contributed by atoms with Crippen molar-refractivity contribution in [3.8, 4) is 11.3 Å². The molecule has 0 aromatic carbocycles. The molecule has 2 N–H and O–H groups in total. The fourth-order valence-corrected chi connectivity index (χ4v) is 3.44. The summed E-state index contributed by atoms with van der Waals surface area (Å²) in [5.41, 5.74) is 7.79. The minimum Gasteiger partial charge on any atom is -0.389 e. The lowest BCUT2D eigenvalue weighted by atomic mass is 10.2. The zero-order valence-corrected chi connectivity index (χ0v) is 10.8.